The summed E-state index contributed by atoms with van der Waals surface area (Å²) in [6.07, 6.45) is 3.09. The maximum absolute atomic E-state index is 9.89. The fraction of sp³-hybridized carbons (Fsp3) is 0.714. The third-order valence-electron chi connectivity index (χ3n) is 4.06. The highest BCUT2D eigenvalue weighted by atomic mass is 16.5. The van der Waals surface area contributed by atoms with Crippen molar-refractivity contribution in [3.05, 3.63) is 23.8 Å². The van der Waals surface area contributed by atoms with E-state index in [1.807, 2.05) is 6.07 Å². The standard InChI is InChI=1S/C14H23N3O3/c1-20-5-3-14-16-4-2-9(17-14)6-10-11(8-18)13(19)7-12(10)15/h2,4,10-13,18-19H,3,5-8,15H2,1H3. The van der Waals surface area contributed by atoms with Crippen LogP contribution in [0.3, 0.4) is 0 Å². The number of ether oxygens (including phenoxy) is 1. The summed E-state index contributed by atoms with van der Waals surface area (Å²) < 4.78 is 5.02. The molecule has 0 aliphatic heterocycles. The SMILES string of the molecule is COCCc1nccc(CC2C(N)CC(O)C2CO)n1. The van der Waals surface area contributed by atoms with Crippen molar-refractivity contribution in [2.24, 2.45) is 17.6 Å². The molecular weight excluding hydrogens is 258 g/mol. The van der Waals surface area contributed by atoms with Gasteiger partial charge in [0.1, 0.15) is 5.82 Å². The lowest BCUT2D eigenvalue weighted by atomic mass is 9.89. The van der Waals surface area contributed by atoms with Gasteiger partial charge >= 0.3 is 0 Å². The van der Waals surface area contributed by atoms with E-state index in [1.54, 1.807) is 13.3 Å². The molecule has 1 aromatic heterocycles. The maximum atomic E-state index is 9.89. The number of hydrogen-bond donors (Lipinski definition) is 3. The third kappa shape index (κ3) is 3.52. The number of hydrogen-bond acceptors (Lipinski definition) is 6. The molecule has 1 fully saturated rings. The van der Waals surface area contributed by atoms with Crippen LogP contribution in [0.25, 0.3) is 0 Å². The highest BCUT2D eigenvalue weighted by molar-refractivity contribution is 5.07. The molecule has 1 heterocycles. The van der Waals surface area contributed by atoms with Crippen LogP contribution in [-0.4, -0.2) is 52.7 Å². The smallest absolute Gasteiger partial charge is 0.130 e. The summed E-state index contributed by atoms with van der Waals surface area (Å²) in [6, 6.07) is 1.77. The fourth-order valence-corrected chi connectivity index (χ4v) is 2.90. The van der Waals surface area contributed by atoms with Gasteiger partial charge in [0, 0.05) is 44.0 Å². The second kappa shape index (κ2) is 7.08. The van der Waals surface area contributed by atoms with E-state index in [2.05, 4.69) is 9.97 Å². The molecular formula is C14H23N3O3. The molecule has 4 unspecified atom stereocenters. The van der Waals surface area contributed by atoms with Crippen LogP contribution in [0.2, 0.25) is 0 Å². The van der Waals surface area contributed by atoms with Crippen molar-refractivity contribution in [3.63, 3.8) is 0 Å². The minimum atomic E-state index is -0.519. The van der Waals surface area contributed by atoms with Gasteiger partial charge in [-0.25, -0.2) is 9.97 Å². The molecule has 2 rings (SSSR count). The molecule has 1 aliphatic rings. The predicted molar refractivity (Wildman–Crippen MR) is 74.0 cm³/mol. The van der Waals surface area contributed by atoms with Gasteiger partial charge in [-0.2, -0.15) is 0 Å². The molecule has 20 heavy (non-hydrogen) atoms. The van der Waals surface area contributed by atoms with E-state index < -0.39 is 6.10 Å². The first-order valence-corrected chi connectivity index (χ1v) is 7.00. The van der Waals surface area contributed by atoms with Crippen LogP contribution in [0.1, 0.15) is 17.9 Å². The van der Waals surface area contributed by atoms with E-state index in [-0.39, 0.29) is 24.5 Å². The Balaban J connectivity index is 2.05. The number of methoxy groups -OCH3 is 1. The topological polar surface area (TPSA) is 101 Å². The Morgan fingerprint density at radius 3 is 2.95 bits per heavy atom. The summed E-state index contributed by atoms with van der Waals surface area (Å²) in [6.45, 7) is 0.547. The number of rotatable bonds is 6. The Bertz CT molecular complexity index is 430. The zero-order valence-corrected chi connectivity index (χ0v) is 11.8. The van der Waals surface area contributed by atoms with Crippen LogP contribution in [0.4, 0.5) is 0 Å². The molecule has 0 saturated heterocycles. The highest BCUT2D eigenvalue weighted by Crippen LogP contribution is 2.33. The van der Waals surface area contributed by atoms with Gasteiger partial charge in [0.2, 0.25) is 0 Å². The van der Waals surface area contributed by atoms with Crippen LogP contribution < -0.4 is 5.73 Å². The molecule has 0 aromatic carbocycles. The van der Waals surface area contributed by atoms with Crippen LogP contribution in [0, 0.1) is 11.8 Å². The normalized spacial score (nSPS) is 29.8. The second-order valence-corrected chi connectivity index (χ2v) is 5.39. The van der Waals surface area contributed by atoms with Crippen LogP contribution in [0.15, 0.2) is 12.3 Å². The Morgan fingerprint density at radius 1 is 1.45 bits per heavy atom. The molecule has 0 bridgehead atoms. The van der Waals surface area contributed by atoms with Gasteiger partial charge in [0.25, 0.3) is 0 Å². The van der Waals surface area contributed by atoms with Crippen molar-refractivity contribution >= 4 is 0 Å². The number of aliphatic hydroxyl groups is 2. The quantitative estimate of drug-likeness (QED) is 0.651. The zero-order chi connectivity index (χ0) is 14.5. The second-order valence-electron chi connectivity index (χ2n) is 5.39. The molecule has 0 amide bonds. The first-order valence-electron chi connectivity index (χ1n) is 7.00. The Labute approximate surface area is 119 Å². The van der Waals surface area contributed by atoms with Gasteiger partial charge in [-0.15, -0.1) is 0 Å². The number of aliphatic hydroxyl groups excluding tert-OH is 2. The Morgan fingerprint density at radius 2 is 2.25 bits per heavy atom. The van der Waals surface area contributed by atoms with Gasteiger partial charge < -0.3 is 20.7 Å². The first-order chi connectivity index (χ1) is 9.65. The molecule has 1 aliphatic carbocycles. The van der Waals surface area contributed by atoms with E-state index in [4.69, 9.17) is 10.5 Å². The minimum Gasteiger partial charge on any atom is -0.396 e. The van der Waals surface area contributed by atoms with E-state index in [9.17, 15) is 10.2 Å². The van der Waals surface area contributed by atoms with Gasteiger partial charge in [0.15, 0.2) is 0 Å². The van der Waals surface area contributed by atoms with Crippen molar-refractivity contribution in [1.82, 2.24) is 9.97 Å². The molecule has 4 N–H and O–H groups in total. The maximum Gasteiger partial charge on any atom is 0.130 e. The number of nitrogens with two attached hydrogens (primary N) is 1. The third-order valence-corrected chi connectivity index (χ3v) is 4.06. The van der Waals surface area contributed by atoms with Crippen molar-refractivity contribution in [2.75, 3.05) is 20.3 Å². The predicted octanol–water partition coefficient (Wildman–Crippen LogP) is -0.475. The summed E-state index contributed by atoms with van der Waals surface area (Å²) in [5.74, 6) is 0.639. The van der Waals surface area contributed by atoms with Gasteiger partial charge in [0.05, 0.1) is 12.7 Å². The lowest BCUT2D eigenvalue weighted by molar-refractivity contribution is 0.0718. The largest absolute Gasteiger partial charge is 0.396 e. The fourth-order valence-electron chi connectivity index (χ4n) is 2.90. The highest BCUT2D eigenvalue weighted by Gasteiger charge is 2.40. The van der Waals surface area contributed by atoms with E-state index in [0.29, 0.717) is 25.9 Å². The number of aromatic nitrogens is 2. The molecule has 0 spiro atoms. The zero-order valence-electron chi connectivity index (χ0n) is 11.8. The Hall–Kier alpha value is -1.08. The number of nitrogens with zero attached hydrogens (tertiary/aromatic N) is 2. The summed E-state index contributed by atoms with van der Waals surface area (Å²) >= 11 is 0. The van der Waals surface area contributed by atoms with Crippen molar-refractivity contribution in [3.8, 4) is 0 Å². The Kier molecular flexibility index (Phi) is 5.42. The monoisotopic (exact) mass is 281 g/mol. The summed E-state index contributed by atoms with van der Waals surface area (Å²) in [5, 5.41) is 19.3. The average Bonchev–Trinajstić information content (AvgIpc) is 2.71. The summed E-state index contributed by atoms with van der Waals surface area (Å²) in [5.41, 5.74) is 6.97. The minimum absolute atomic E-state index is 0.0405. The molecule has 4 atom stereocenters. The van der Waals surface area contributed by atoms with Gasteiger partial charge in [-0.3, -0.25) is 0 Å². The van der Waals surface area contributed by atoms with E-state index >= 15 is 0 Å². The lowest BCUT2D eigenvalue weighted by Gasteiger charge is -2.21. The van der Waals surface area contributed by atoms with Crippen LogP contribution >= 0.6 is 0 Å². The molecule has 1 saturated carbocycles. The molecule has 0 radical (unpaired) electrons. The molecule has 6 heteroatoms. The summed E-state index contributed by atoms with van der Waals surface area (Å²) in [4.78, 5) is 8.70. The lowest BCUT2D eigenvalue weighted by Crippen LogP contribution is -2.31. The van der Waals surface area contributed by atoms with Crippen molar-refractivity contribution in [1.29, 1.82) is 0 Å². The van der Waals surface area contributed by atoms with Gasteiger partial charge in [-0.1, -0.05) is 0 Å². The van der Waals surface area contributed by atoms with Crippen molar-refractivity contribution in [2.45, 2.75) is 31.4 Å². The van der Waals surface area contributed by atoms with Crippen LogP contribution in [0.5, 0.6) is 0 Å². The summed E-state index contributed by atoms with van der Waals surface area (Å²) in [7, 11) is 1.65. The van der Waals surface area contributed by atoms with Crippen molar-refractivity contribution < 1.29 is 14.9 Å². The average molecular weight is 281 g/mol. The van der Waals surface area contributed by atoms with E-state index in [1.165, 1.54) is 0 Å². The van der Waals surface area contributed by atoms with Crippen LogP contribution in [-0.2, 0) is 17.6 Å². The molecule has 112 valence electrons. The molecule has 6 nitrogen and oxygen atoms in total. The van der Waals surface area contributed by atoms with Gasteiger partial charge in [-0.05, 0) is 24.8 Å². The first kappa shape index (κ1) is 15.3. The van der Waals surface area contributed by atoms with E-state index in [0.717, 1.165) is 11.5 Å². The molecule has 1 aromatic rings.